The van der Waals surface area contributed by atoms with Crippen molar-refractivity contribution in [2.45, 2.75) is 76.4 Å². The van der Waals surface area contributed by atoms with Gasteiger partial charge in [-0.3, -0.25) is 0 Å². The van der Waals surface area contributed by atoms with Crippen molar-refractivity contribution in [2.75, 3.05) is 13.2 Å². The Hall–Kier alpha value is -3.19. The lowest BCUT2D eigenvalue weighted by Gasteiger charge is -2.17. The quantitative estimate of drug-likeness (QED) is 0.158. The molecule has 2 rings (SSSR count). The largest absolute Gasteiger partial charge is 0.493 e. The van der Waals surface area contributed by atoms with Gasteiger partial charge in [0.1, 0.15) is 15.8 Å². The van der Waals surface area contributed by atoms with E-state index in [1.807, 2.05) is 0 Å². The number of rotatable bonds is 11. The van der Waals surface area contributed by atoms with Crippen LogP contribution in [0.4, 0.5) is 39.5 Å². The van der Waals surface area contributed by atoms with Crippen molar-refractivity contribution < 1.29 is 69.2 Å². The number of halogens is 9. The van der Waals surface area contributed by atoms with Crippen LogP contribution in [0.1, 0.15) is 62.9 Å². The van der Waals surface area contributed by atoms with Crippen LogP contribution in [0.5, 0.6) is 5.75 Å². The third-order valence-electron chi connectivity index (χ3n) is 5.01. The Balaban J connectivity index is 0.00000104. The summed E-state index contributed by atoms with van der Waals surface area (Å²) >= 11 is 1.06. The van der Waals surface area contributed by atoms with Gasteiger partial charge in [0.25, 0.3) is 0 Å². The van der Waals surface area contributed by atoms with Crippen LogP contribution < -0.4 is 10.5 Å². The number of aromatic nitrogens is 2. The number of hydrogen-bond acceptors (Lipinski definition) is 8. The molecule has 0 spiro atoms. The number of aliphatic hydroxyl groups excluding tert-OH is 1. The Kier molecular flexibility index (Phi) is 15.9. The number of unbranched alkanes of at least 4 members (excludes halogenated alkanes) is 5. The number of carboxylic acids is 2. The average Bonchev–Trinajstić information content (AvgIpc) is 3.39. The molecule has 246 valence electrons. The standard InChI is InChI=1S/C20H28F3N3O2S.2C2HF3O2/c1-3-4-5-6-7-8-11-28-16-10-9-14(12-15(16)20(21,22)23)17-25-26-18(29-17)19(2,24)13-27;2*3-2(4,5)1(6)7/h9-10,12,27H,3-8,11,13,24H2,1-2H3;2*(H,6,7). The topological polar surface area (TPSA) is 156 Å². The van der Waals surface area contributed by atoms with Crippen LogP contribution in [-0.4, -0.2) is 63.0 Å². The number of carboxylic acid groups (broad SMARTS) is 2. The highest BCUT2D eigenvalue weighted by Crippen LogP contribution is 2.40. The third-order valence-corrected chi connectivity index (χ3v) is 6.27. The summed E-state index contributed by atoms with van der Waals surface area (Å²) in [5.41, 5.74) is 4.26. The second kappa shape index (κ2) is 17.2. The van der Waals surface area contributed by atoms with Crippen LogP contribution in [-0.2, 0) is 21.3 Å². The Morgan fingerprint density at radius 1 is 0.884 bits per heavy atom. The van der Waals surface area contributed by atoms with E-state index in [1.165, 1.54) is 18.6 Å². The highest BCUT2D eigenvalue weighted by atomic mass is 32.1. The van der Waals surface area contributed by atoms with Gasteiger partial charge in [-0.1, -0.05) is 50.4 Å². The summed E-state index contributed by atoms with van der Waals surface area (Å²) < 4.78 is 110. The minimum absolute atomic E-state index is 0.182. The van der Waals surface area contributed by atoms with Crippen LogP contribution in [0.25, 0.3) is 10.6 Å². The normalized spacial score (nSPS) is 13.1. The number of ether oxygens (including phenoxy) is 1. The molecular formula is C24H30F9N3O6S. The van der Waals surface area contributed by atoms with Crippen molar-refractivity contribution in [3.63, 3.8) is 0 Å². The summed E-state index contributed by atoms with van der Waals surface area (Å²) in [5.74, 6) is -5.70. The molecule has 2 aromatic rings. The molecule has 1 atom stereocenters. The number of aliphatic hydroxyl groups is 1. The Labute approximate surface area is 243 Å². The number of carbonyl (C=O) groups is 2. The van der Waals surface area contributed by atoms with E-state index < -0.39 is 41.6 Å². The number of nitrogens with two attached hydrogens (primary N) is 1. The van der Waals surface area contributed by atoms with E-state index in [2.05, 4.69) is 17.1 Å². The van der Waals surface area contributed by atoms with E-state index in [4.69, 9.17) is 30.3 Å². The van der Waals surface area contributed by atoms with E-state index in [0.717, 1.165) is 49.5 Å². The first-order chi connectivity index (χ1) is 19.6. The Morgan fingerprint density at radius 3 is 1.81 bits per heavy atom. The smallest absolute Gasteiger partial charge is 0.490 e. The van der Waals surface area contributed by atoms with Crippen molar-refractivity contribution in [1.82, 2.24) is 10.2 Å². The van der Waals surface area contributed by atoms with Crippen LogP contribution in [0.15, 0.2) is 18.2 Å². The zero-order chi connectivity index (χ0) is 33.6. The lowest BCUT2D eigenvalue weighted by molar-refractivity contribution is -0.193. The third kappa shape index (κ3) is 15.2. The zero-order valence-corrected chi connectivity index (χ0v) is 23.6. The lowest BCUT2D eigenvalue weighted by atomic mass is 10.1. The highest BCUT2D eigenvalue weighted by Gasteiger charge is 2.39. The molecule has 19 heteroatoms. The van der Waals surface area contributed by atoms with Crippen molar-refractivity contribution in [3.8, 4) is 16.3 Å². The number of hydrogen-bond donors (Lipinski definition) is 4. The van der Waals surface area contributed by atoms with E-state index in [-0.39, 0.29) is 24.5 Å². The fourth-order valence-electron chi connectivity index (χ4n) is 2.71. The first-order valence-electron chi connectivity index (χ1n) is 12.3. The lowest BCUT2D eigenvalue weighted by Crippen LogP contribution is -2.36. The summed E-state index contributed by atoms with van der Waals surface area (Å²) in [5, 5.41) is 32.1. The van der Waals surface area contributed by atoms with Crippen molar-refractivity contribution in [2.24, 2.45) is 5.73 Å². The molecule has 0 saturated carbocycles. The molecule has 0 saturated heterocycles. The van der Waals surface area contributed by atoms with Gasteiger partial charge in [0.15, 0.2) is 0 Å². The molecule has 1 unspecified atom stereocenters. The van der Waals surface area contributed by atoms with Crippen molar-refractivity contribution in [3.05, 3.63) is 28.8 Å². The van der Waals surface area contributed by atoms with E-state index in [1.54, 1.807) is 6.92 Å². The molecule has 0 bridgehead atoms. The Morgan fingerprint density at radius 2 is 1.37 bits per heavy atom. The van der Waals surface area contributed by atoms with Gasteiger partial charge in [0.2, 0.25) is 0 Å². The van der Waals surface area contributed by atoms with Gasteiger partial charge in [0, 0.05) is 5.56 Å². The first-order valence-corrected chi connectivity index (χ1v) is 13.1. The fraction of sp³-hybridized carbons (Fsp3) is 0.583. The molecule has 0 aliphatic heterocycles. The molecule has 1 aromatic carbocycles. The van der Waals surface area contributed by atoms with Gasteiger partial charge >= 0.3 is 30.5 Å². The molecule has 0 fully saturated rings. The minimum atomic E-state index is -5.08. The van der Waals surface area contributed by atoms with Gasteiger partial charge in [-0.25, -0.2) is 9.59 Å². The highest BCUT2D eigenvalue weighted by molar-refractivity contribution is 7.14. The summed E-state index contributed by atoms with van der Waals surface area (Å²) in [6.45, 7) is 3.62. The number of benzene rings is 1. The van der Waals surface area contributed by atoms with Gasteiger partial charge in [0.05, 0.1) is 24.3 Å². The predicted molar refractivity (Wildman–Crippen MR) is 135 cm³/mol. The second-order valence-electron chi connectivity index (χ2n) is 8.92. The van der Waals surface area contributed by atoms with E-state index >= 15 is 0 Å². The molecule has 9 nitrogen and oxygen atoms in total. The number of aliphatic carboxylic acids is 2. The van der Waals surface area contributed by atoms with E-state index in [0.29, 0.717) is 10.0 Å². The molecule has 0 amide bonds. The molecule has 0 aliphatic carbocycles. The summed E-state index contributed by atoms with van der Waals surface area (Å²) in [6, 6.07) is 3.88. The molecule has 1 heterocycles. The van der Waals surface area contributed by atoms with Gasteiger partial charge < -0.3 is 25.8 Å². The SMILES string of the molecule is CCCCCCCCOc1ccc(-c2nnc(C(C)(N)CO)s2)cc1C(F)(F)F.O=C(O)C(F)(F)F.O=C(O)C(F)(F)F. The molecular weight excluding hydrogens is 629 g/mol. The zero-order valence-electron chi connectivity index (χ0n) is 22.7. The molecule has 5 N–H and O–H groups in total. The Bertz CT molecular complexity index is 1130. The molecule has 1 aromatic heterocycles. The molecule has 0 radical (unpaired) electrons. The maximum atomic E-state index is 13.5. The maximum Gasteiger partial charge on any atom is 0.490 e. The maximum absolute atomic E-state index is 13.5. The van der Waals surface area contributed by atoms with Crippen molar-refractivity contribution in [1.29, 1.82) is 0 Å². The first kappa shape index (κ1) is 39.8. The van der Waals surface area contributed by atoms with Gasteiger partial charge in [-0.15, -0.1) is 10.2 Å². The summed E-state index contributed by atoms with van der Waals surface area (Å²) in [4.78, 5) is 17.8. The van der Waals surface area contributed by atoms with Crippen LogP contribution in [0.3, 0.4) is 0 Å². The van der Waals surface area contributed by atoms with Gasteiger partial charge in [-0.2, -0.15) is 39.5 Å². The van der Waals surface area contributed by atoms with Crippen LogP contribution >= 0.6 is 11.3 Å². The van der Waals surface area contributed by atoms with Gasteiger partial charge in [-0.05, 0) is 31.5 Å². The average molecular weight is 660 g/mol. The fourth-order valence-corrected chi connectivity index (χ4v) is 3.60. The van der Waals surface area contributed by atoms with Crippen LogP contribution in [0, 0.1) is 0 Å². The number of alkyl halides is 9. The molecule has 0 aliphatic rings. The predicted octanol–water partition coefficient (Wildman–Crippen LogP) is 6.40. The van der Waals surface area contributed by atoms with Crippen molar-refractivity contribution >= 4 is 23.3 Å². The monoisotopic (exact) mass is 659 g/mol. The summed E-state index contributed by atoms with van der Waals surface area (Å²) in [6.07, 6.45) is -8.52. The summed E-state index contributed by atoms with van der Waals surface area (Å²) in [7, 11) is 0. The molecule has 43 heavy (non-hydrogen) atoms. The van der Waals surface area contributed by atoms with Crippen LogP contribution in [0.2, 0.25) is 0 Å². The minimum Gasteiger partial charge on any atom is -0.493 e. The second-order valence-corrected chi connectivity index (χ2v) is 9.90. The number of nitrogens with zero attached hydrogens (tertiary/aromatic N) is 2. The van der Waals surface area contributed by atoms with E-state index in [9.17, 15) is 44.6 Å².